The Morgan fingerprint density at radius 3 is 2.50 bits per heavy atom. The highest BCUT2D eigenvalue weighted by Gasteiger charge is 2.09. The Morgan fingerprint density at radius 2 is 1.89 bits per heavy atom. The van der Waals surface area contributed by atoms with Gasteiger partial charge in [-0.05, 0) is 6.92 Å². The van der Waals surface area contributed by atoms with Gasteiger partial charge in [0, 0.05) is 36.5 Å². The molecule has 0 aromatic carbocycles. The van der Waals surface area contributed by atoms with Gasteiger partial charge in [0.25, 0.3) is 0 Å². The highest BCUT2D eigenvalue weighted by molar-refractivity contribution is 5.60. The van der Waals surface area contributed by atoms with Crippen molar-refractivity contribution in [1.82, 2.24) is 19.9 Å². The third-order valence-corrected chi connectivity index (χ3v) is 2.47. The van der Waals surface area contributed by atoms with E-state index in [9.17, 15) is 0 Å². The molecule has 2 rings (SSSR count). The second kappa shape index (κ2) is 5.53. The van der Waals surface area contributed by atoms with Crippen molar-refractivity contribution in [3.8, 4) is 11.3 Å². The van der Waals surface area contributed by atoms with E-state index in [1.54, 1.807) is 12.4 Å². The molecule has 5 heteroatoms. The van der Waals surface area contributed by atoms with Crippen LogP contribution in [-0.2, 0) is 0 Å². The van der Waals surface area contributed by atoms with E-state index in [0.717, 1.165) is 29.4 Å². The molecule has 2 aromatic heterocycles. The lowest BCUT2D eigenvalue weighted by Gasteiger charge is -2.10. The maximum Gasteiger partial charge on any atom is 0.133 e. The van der Waals surface area contributed by atoms with E-state index in [1.807, 2.05) is 13.0 Å². The van der Waals surface area contributed by atoms with Crippen LogP contribution in [-0.4, -0.2) is 26.5 Å². The highest BCUT2D eigenvalue weighted by atomic mass is 15.0. The lowest BCUT2D eigenvalue weighted by atomic mass is 10.2. The van der Waals surface area contributed by atoms with Gasteiger partial charge in [0.05, 0.1) is 5.69 Å². The molecule has 0 radical (unpaired) electrons. The molecule has 94 valence electrons. The molecular weight excluding hydrogens is 226 g/mol. The zero-order chi connectivity index (χ0) is 13.0. The molecule has 0 saturated heterocycles. The Morgan fingerprint density at radius 1 is 1.17 bits per heavy atom. The minimum Gasteiger partial charge on any atom is -0.370 e. The third kappa shape index (κ3) is 2.80. The van der Waals surface area contributed by atoms with Gasteiger partial charge in [-0.3, -0.25) is 0 Å². The maximum absolute atomic E-state index is 4.55. The summed E-state index contributed by atoms with van der Waals surface area (Å²) in [5.41, 5.74) is 1.76. The SMILES string of the molecule is CCNc1cc(-c2cncnc2)nc(C(C)C)n1. The summed E-state index contributed by atoms with van der Waals surface area (Å²) in [6.07, 6.45) is 5.03. The largest absolute Gasteiger partial charge is 0.370 e. The van der Waals surface area contributed by atoms with Gasteiger partial charge in [0.15, 0.2) is 0 Å². The number of hydrogen-bond donors (Lipinski definition) is 1. The highest BCUT2D eigenvalue weighted by Crippen LogP contribution is 2.21. The van der Waals surface area contributed by atoms with Gasteiger partial charge >= 0.3 is 0 Å². The first-order valence-corrected chi connectivity index (χ1v) is 6.09. The van der Waals surface area contributed by atoms with Crippen LogP contribution in [0.4, 0.5) is 5.82 Å². The van der Waals surface area contributed by atoms with E-state index in [4.69, 9.17) is 0 Å². The van der Waals surface area contributed by atoms with Crippen molar-refractivity contribution in [3.63, 3.8) is 0 Å². The molecule has 2 heterocycles. The molecule has 0 amide bonds. The number of aromatic nitrogens is 4. The third-order valence-electron chi connectivity index (χ3n) is 2.47. The summed E-state index contributed by atoms with van der Waals surface area (Å²) in [5, 5.41) is 3.22. The van der Waals surface area contributed by atoms with Gasteiger partial charge in [-0.1, -0.05) is 13.8 Å². The van der Waals surface area contributed by atoms with Gasteiger partial charge in [-0.15, -0.1) is 0 Å². The normalized spacial score (nSPS) is 10.7. The van der Waals surface area contributed by atoms with Crippen molar-refractivity contribution < 1.29 is 0 Å². The minimum absolute atomic E-state index is 0.284. The van der Waals surface area contributed by atoms with Crippen molar-refractivity contribution in [3.05, 3.63) is 30.6 Å². The first-order valence-electron chi connectivity index (χ1n) is 6.09. The lowest BCUT2D eigenvalue weighted by Crippen LogP contribution is -2.06. The molecule has 2 aromatic rings. The summed E-state index contributed by atoms with van der Waals surface area (Å²) in [7, 11) is 0. The predicted molar refractivity (Wildman–Crippen MR) is 71.3 cm³/mol. The molecule has 0 aliphatic heterocycles. The minimum atomic E-state index is 0.284. The summed E-state index contributed by atoms with van der Waals surface area (Å²) in [4.78, 5) is 17.1. The molecule has 0 aliphatic rings. The molecule has 5 nitrogen and oxygen atoms in total. The maximum atomic E-state index is 4.55. The van der Waals surface area contributed by atoms with Crippen LogP contribution in [0.2, 0.25) is 0 Å². The Labute approximate surface area is 107 Å². The zero-order valence-corrected chi connectivity index (χ0v) is 10.9. The summed E-state index contributed by atoms with van der Waals surface area (Å²) in [6.45, 7) is 7.04. The molecule has 0 spiro atoms. The fraction of sp³-hybridized carbons (Fsp3) is 0.385. The van der Waals surface area contributed by atoms with Crippen molar-refractivity contribution in [2.24, 2.45) is 0 Å². The van der Waals surface area contributed by atoms with Crippen LogP contribution in [0, 0.1) is 0 Å². The first kappa shape index (κ1) is 12.4. The zero-order valence-electron chi connectivity index (χ0n) is 10.9. The predicted octanol–water partition coefficient (Wildman–Crippen LogP) is 2.49. The molecule has 0 atom stereocenters. The van der Waals surface area contributed by atoms with Crippen LogP contribution in [0.1, 0.15) is 32.5 Å². The number of rotatable bonds is 4. The van der Waals surface area contributed by atoms with Crippen LogP contribution in [0.25, 0.3) is 11.3 Å². The van der Waals surface area contributed by atoms with Gasteiger partial charge in [-0.2, -0.15) is 0 Å². The molecule has 0 bridgehead atoms. The van der Waals surface area contributed by atoms with Gasteiger partial charge < -0.3 is 5.32 Å². The topological polar surface area (TPSA) is 63.6 Å². The Hall–Kier alpha value is -2.04. The number of nitrogens with zero attached hydrogens (tertiary/aromatic N) is 4. The van der Waals surface area contributed by atoms with Crippen LogP contribution in [0.3, 0.4) is 0 Å². The van der Waals surface area contributed by atoms with Crippen LogP contribution < -0.4 is 5.32 Å². The molecule has 0 saturated carbocycles. The molecule has 1 N–H and O–H groups in total. The summed E-state index contributed by atoms with van der Waals surface area (Å²) >= 11 is 0. The molecule has 18 heavy (non-hydrogen) atoms. The molecule has 0 fully saturated rings. The Balaban J connectivity index is 2.46. The standard InChI is InChI=1S/C13H17N5/c1-4-16-12-5-11(10-6-14-8-15-7-10)17-13(18-12)9(2)3/h5-9H,4H2,1-3H3,(H,16,17,18). The average molecular weight is 243 g/mol. The second-order valence-corrected chi connectivity index (χ2v) is 4.31. The monoisotopic (exact) mass is 243 g/mol. The van der Waals surface area contributed by atoms with Gasteiger partial charge in [0.2, 0.25) is 0 Å². The summed E-state index contributed by atoms with van der Waals surface area (Å²) in [6, 6.07) is 1.92. The second-order valence-electron chi connectivity index (χ2n) is 4.31. The Kier molecular flexibility index (Phi) is 3.82. The first-order chi connectivity index (χ1) is 8.70. The van der Waals surface area contributed by atoms with E-state index in [1.165, 1.54) is 6.33 Å². The van der Waals surface area contributed by atoms with Crippen LogP contribution in [0.5, 0.6) is 0 Å². The van der Waals surface area contributed by atoms with Crippen molar-refractivity contribution in [2.45, 2.75) is 26.7 Å². The van der Waals surface area contributed by atoms with Crippen LogP contribution >= 0.6 is 0 Å². The van der Waals surface area contributed by atoms with Crippen molar-refractivity contribution >= 4 is 5.82 Å². The fourth-order valence-electron chi connectivity index (χ4n) is 1.57. The van der Waals surface area contributed by atoms with E-state index in [-0.39, 0.29) is 5.92 Å². The molecular formula is C13H17N5. The average Bonchev–Trinajstić information content (AvgIpc) is 2.40. The quantitative estimate of drug-likeness (QED) is 0.893. The van der Waals surface area contributed by atoms with Gasteiger partial charge in [0.1, 0.15) is 18.0 Å². The van der Waals surface area contributed by atoms with Crippen molar-refractivity contribution in [2.75, 3.05) is 11.9 Å². The number of hydrogen-bond acceptors (Lipinski definition) is 5. The Bertz CT molecular complexity index is 510. The number of anilines is 1. The van der Waals surface area contributed by atoms with E-state index in [2.05, 4.69) is 39.1 Å². The van der Waals surface area contributed by atoms with Crippen molar-refractivity contribution in [1.29, 1.82) is 0 Å². The van der Waals surface area contributed by atoms with Crippen LogP contribution in [0.15, 0.2) is 24.8 Å². The molecule has 0 unspecified atom stereocenters. The van der Waals surface area contributed by atoms with E-state index >= 15 is 0 Å². The van der Waals surface area contributed by atoms with E-state index < -0.39 is 0 Å². The van der Waals surface area contributed by atoms with E-state index in [0.29, 0.717) is 0 Å². The summed E-state index contributed by atoms with van der Waals surface area (Å²) < 4.78 is 0. The smallest absolute Gasteiger partial charge is 0.133 e. The lowest BCUT2D eigenvalue weighted by molar-refractivity contribution is 0.776. The molecule has 0 aliphatic carbocycles. The summed E-state index contributed by atoms with van der Waals surface area (Å²) in [5.74, 6) is 1.95. The fourth-order valence-corrected chi connectivity index (χ4v) is 1.57. The van der Waals surface area contributed by atoms with Gasteiger partial charge in [-0.25, -0.2) is 19.9 Å². The number of nitrogens with one attached hydrogen (secondary N) is 1.